The molecule has 0 aromatic carbocycles. The van der Waals surface area contributed by atoms with E-state index in [1.807, 2.05) is 20.8 Å². The fraction of sp³-hybridized carbons (Fsp3) is 0.800. The number of carbonyl (C=O) groups is 1. The Balaban J connectivity index is 4.67. The van der Waals surface area contributed by atoms with E-state index in [-0.39, 0.29) is 4.75 Å². The van der Waals surface area contributed by atoms with E-state index in [0.717, 1.165) is 0 Å². The van der Waals surface area contributed by atoms with Crippen molar-refractivity contribution in [3.8, 4) is 0 Å². The van der Waals surface area contributed by atoms with Crippen molar-refractivity contribution in [1.29, 1.82) is 0 Å². The number of carbonyl (C=O) groups excluding carboxylic acids is 2. The maximum atomic E-state index is 11.4. The highest BCUT2D eigenvalue weighted by atomic mass is 32.2. The molecule has 0 bridgehead atoms. The van der Waals surface area contributed by atoms with Crippen LogP contribution in [0.15, 0.2) is 4.99 Å². The van der Waals surface area contributed by atoms with Gasteiger partial charge in [-0.3, -0.25) is 0 Å². The first kappa shape index (κ1) is 14.2. The summed E-state index contributed by atoms with van der Waals surface area (Å²) < 4.78 is 4.62. The molecule has 1 unspecified atom stereocenters. The zero-order valence-electron chi connectivity index (χ0n) is 9.79. The average Bonchev–Trinajstić information content (AvgIpc) is 2.13. The number of esters is 1. The van der Waals surface area contributed by atoms with E-state index < -0.39 is 11.5 Å². The minimum absolute atomic E-state index is 0.00762. The van der Waals surface area contributed by atoms with Crippen LogP contribution >= 0.6 is 11.8 Å². The molecule has 0 aliphatic heterocycles. The fourth-order valence-electron chi connectivity index (χ4n) is 0.814. The van der Waals surface area contributed by atoms with Gasteiger partial charge in [-0.25, -0.2) is 9.59 Å². The van der Waals surface area contributed by atoms with Gasteiger partial charge in [0, 0.05) is 10.5 Å². The number of nitrogens with zero attached hydrogens (tertiary/aromatic N) is 1. The van der Waals surface area contributed by atoms with E-state index >= 15 is 0 Å². The second kappa shape index (κ2) is 5.33. The first-order valence-corrected chi connectivity index (χ1v) is 5.55. The zero-order valence-corrected chi connectivity index (χ0v) is 10.6. The van der Waals surface area contributed by atoms with Crippen LogP contribution in [0.25, 0.3) is 0 Å². The lowest BCUT2D eigenvalue weighted by Crippen LogP contribution is -2.38. The molecule has 0 rings (SSSR count). The van der Waals surface area contributed by atoms with Crippen LogP contribution in [0.1, 0.15) is 27.7 Å². The van der Waals surface area contributed by atoms with Crippen molar-refractivity contribution in [3.05, 3.63) is 0 Å². The largest absolute Gasteiger partial charge is 0.467 e. The first-order chi connectivity index (χ1) is 6.75. The maximum Gasteiger partial charge on any atom is 0.335 e. The van der Waals surface area contributed by atoms with Crippen molar-refractivity contribution in [2.45, 2.75) is 38.0 Å². The van der Waals surface area contributed by atoms with E-state index in [4.69, 9.17) is 0 Å². The number of ether oxygens (including phenoxy) is 1. The summed E-state index contributed by atoms with van der Waals surface area (Å²) in [5.41, 5.74) is -1.13. The van der Waals surface area contributed by atoms with Crippen LogP contribution in [-0.4, -0.2) is 35.2 Å². The monoisotopic (exact) mass is 231 g/mol. The Hall–Kier alpha value is -0.800. The molecule has 0 saturated heterocycles. The second-order valence-electron chi connectivity index (χ2n) is 4.37. The van der Waals surface area contributed by atoms with E-state index in [1.165, 1.54) is 13.2 Å². The van der Waals surface area contributed by atoms with Gasteiger partial charge in [-0.05, 0) is 6.92 Å². The van der Waals surface area contributed by atoms with E-state index in [1.54, 1.807) is 18.7 Å². The van der Waals surface area contributed by atoms with Gasteiger partial charge in [-0.2, -0.15) is 16.8 Å². The molecule has 5 heteroatoms. The molecule has 86 valence electrons. The second-order valence-corrected chi connectivity index (χ2v) is 6.17. The Kier molecular flexibility index (Phi) is 5.05. The summed E-state index contributed by atoms with van der Waals surface area (Å²) in [5.74, 6) is -0.110. The molecule has 0 aromatic rings. The van der Waals surface area contributed by atoms with Crippen molar-refractivity contribution in [2.75, 3.05) is 12.9 Å². The predicted octanol–water partition coefficient (Wildman–Crippen LogP) is 1.79. The third-order valence-corrected chi connectivity index (χ3v) is 3.28. The molecule has 0 aliphatic carbocycles. The van der Waals surface area contributed by atoms with Gasteiger partial charge >= 0.3 is 5.97 Å². The Morgan fingerprint density at radius 2 is 1.93 bits per heavy atom. The van der Waals surface area contributed by atoms with Gasteiger partial charge in [-0.15, -0.1) is 0 Å². The highest BCUT2D eigenvalue weighted by Crippen LogP contribution is 2.29. The molecule has 0 radical (unpaired) electrons. The van der Waals surface area contributed by atoms with Gasteiger partial charge in [0.15, 0.2) is 5.54 Å². The van der Waals surface area contributed by atoms with Gasteiger partial charge in [0.25, 0.3) is 0 Å². The van der Waals surface area contributed by atoms with Crippen LogP contribution in [0.4, 0.5) is 0 Å². The minimum atomic E-state index is -1.13. The summed E-state index contributed by atoms with van der Waals surface area (Å²) in [6, 6.07) is 0. The van der Waals surface area contributed by atoms with Crippen molar-refractivity contribution >= 4 is 23.8 Å². The number of methoxy groups -OCH3 is 1. The van der Waals surface area contributed by atoms with Crippen LogP contribution in [0.3, 0.4) is 0 Å². The molecule has 0 heterocycles. The van der Waals surface area contributed by atoms with Gasteiger partial charge in [0.2, 0.25) is 6.08 Å². The van der Waals surface area contributed by atoms with E-state index in [9.17, 15) is 9.59 Å². The summed E-state index contributed by atoms with van der Waals surface area (Å²) in [6.07, 6.45) is 1.42. The molecule has 0 aromatic heterocycles. The third-order valence-electron chi connectivity index (χ3n) is 1.70. The standard InChI is InChI=1S/C10H17NO3S/c1-9(2,3)15-6-10(4,11-7-12)8(13)14-5/h6H2,1-5H3. The van der Waals surface area contributed by atoms with Crippen LogP contribution in [-0.2, 0) is 14.3 Å². The molecule has 0 aliphatic rings. The van der Waals surface area contributed by atoms with Crippen LogP contribution in [0.5, 0.6) is 0 Å². The van der Waals surface area contributed by atoms with E-state index in [0.29, 0.717) is 5.75 Å². The summed E-state index contributed by atoms with van der Waals surface area (Å²) in [5, 5.41) is 0. The third kappa shape index (κ3) is 5.00. The molecule has 0 spiro atoms. The molecular formula is C10H17NO3S. The van der Waals surface area contributed by atoms with E-state index in [2.05, 4.69) is 9.73 Å². The summed E-state index contributed by atoms with van der Waals surface area (Å²) in [7, 11) is 1.28. The SMILES string of the molecule is COC(=O)C(C)(CSC(C)(C)C)N=C=O. The Labute approximate surface area is 94.5 Å². The summed E-state index contributed by atoms with van der Waals surface area (Å²) in [4.78, 5) is 25.2. The number of rotatable bonds is 4. The molecule has 0 fully saturated rings. The highest BCUT2D eigenvalue weighted by Gasteiger charge is 2.35. The van der Waals surface area contributed by atoms with Crippen molar-refractivity contribution in [1.82, 2.24) is 0 Å². The fourth-order valence-corrected chi connectivity index (χ4v) is 1.71. The normalized spacial score (nSPS) is 15.0. The summed E-state index contributed by atoms with van der Waals surface area (Å²) in [6.45, 7) is 7.66. The molecule has 15 heavy (non-hydrogen) atoms. The molecular weight excluding hydrogens is 214 g/mol. The van der Waals surface area contributed by atoms with Gasteiger partial charge in [-0.1, -0.05) is 20.8 Å². The van der Waals surface area contributed by atoms with Crippen molar-refractivity contribution in [3.63, 3.8) is 0 Å². The lowest BCUT2D eigenvalue weighted by molar-refractivity contribution is -0.145. The molecule has 4 nitrogen and oxygen atoms in total. The predicted molar refractivity (Wildman–Crippen MR) is 60.8 cm³/mol. The van der Waals surface area contributed by atoms with Gasteiger partial charge < -0.3 is 4.74 Å². The molecule has 0 amide bonds. The van der Waals surface area contributed by atoms with Gasteiger partial charge in [0.1, 0.15) is 0 Å². The number of hydrogen-bond donors (Lipinski definition) is 0. The number of aliphatic imine (C=N–C) groups is 1. The van der Waals surface area contributed by atoms with Crippen LogP contribution < -0.4 is 0 Å². The number of isocyanates is 1. The smallest absolute Gasteiger partial charge is 0.335 e. The summed E-state index contributed by atoms with van der Waals surface area (Å²) >= 11 is 1.55. The highest BCUT2D eigenvalue weighted by molar-refractivity contribution is 8.00. The zero-order chi connectivity index (χ0) is 12.1. The average molecular weight is 231 g/mol. The lowest BCUT2D eigenvalue weighted by Gasteiger charge is -2.25. The van der Waals surface area contributed by atoms with Crippen molar-refractivity contribution < 1.29 is 14.3 Å². The maximum absolute atomic E-state index is 11.4. The first-order valence-electron chi connectivity index (χ1n) is 4.56. The molecule has 0 N–H and O–H groups in total. The lowest BCUT2D eigenvalue weighted by atomic mass is 10.1. The quantitative estimate of drug-likeness (QED) is 0.420. The minimum Gasteiger partial charge on any atom is -0.467 e. The molecule has 0 saturated carbocycles. The van der Waals surface area contributed by atoms with Crippen LogP contribution in [0, 0.1) is 0 Å². The Morgan fingerprint density at radius 3 is 2.27 bits per heavy atom. The van der Waals surface area contributed by atoms with Gasteiger partial charge in [0.05, 0.1) is 7.11 Å². The topological polar surface area (TPSA) is 55.7 Å². The number of hydrogen-bond acceptors (Lipinski definition) is 5. The van der Waals surface area contributed by atoms with Crippen molar-refractivity contribution in [2.24, 2.45) is 4.99 Å². The Morgan fingerprint density at radius 1 is 1.40 bits per heavy atom. The molecule has 1 atom stereocenters. The Bertz CT molecular complexity index is 279. The number of thioether (sulfide) groups is 1. The van der Waals surface area contributed by atoms with Crippen LogP contribution in [0.2, 0.25) is 0 Å².